The van der Waals surface area contributed by atoms with Crippen LogP contribution in [0.25, 0.3) is 0 Å². The molecular formula is C22H21N3O7S. The van der Waals surface area contributed by atoms with Crippen LogP contribution in [-0.2, 0) is 14.3 Å². The molecule has 0 radical (unpaired) electrons. The topological polar surface area (TPSA) is 136 Å². The van der Waals surface area contributed by atoms with Crippen molar-refractivity contribution in [3.8, 4) is 5.75 Å². The van der Waals surface area contributed by atoms with Crippen LogP contribution in [0.15, 0.2) is 47.1 Å². The Bertz CT molecular complexity index is 1180. The van der Waals surface area contributed by atoms with Crippen molar-refractivity contribution in [2.75, 3.05) is 29.7 Å². The lowest BCUT2D eigenvalue weighted by Gasteiger charge is -2.12. The van der Waals surface area contributed by atoms with Gasteiger partial charge in [0.05, 0.1) is 24.1 Å². The molecule has 0 fully saturated rings. The minimum atomic E-state index is -0.704. The Labute approximate surface area is 192 Å². The fraction of sp³-hybridized carbons (Fsp3) is 0.182. The maximum Gasteiger partial charge on any atom is 0.349 e. The summed E-state index contributed by atoms with van der Waals surface area (Å²) in [5, 5.41) is 8.27. The quantitative estimate of drug-likeness (QED) is 0.427. The molecule has 3 rings (SSSR count). The van der Waals surface area contributed by atoms with E-state index in [9.17, 15) is 19.2 Å². The second-order valence-electron chi connectivity index (χ2n) is 6.77. The summed E-state index contributed by atoms with van der Waals surface area (Å²) in [6, 6.07) is 9.47. The Kier molecular flexibility index (Phi) is 7.46. The molecule has 0 saturated carbocycles. The Morgan fingerprint density at radius 1 is 1.06 bits per heavy atom. The highest BCUT2D eigenvalue weighted by Gasteiger charge is 2.19. The summed E-state index contributed by atoms with van der Waals surface area (Å²) in [6.07, 6.45) is 1.38. The predicted octanol–water partition coefficient (Wildman–Crippen LogP) is 3.66. The number of amides is 3. The van der Waals surface area contributed by atoms with E-state index in [2.05, 4.69) is 16.0 Å². The normalized spacial score (nSPS) is 10.3. The van der Waals surface area contributed by atoms with E-state index < -0.39 is 24.4 Å². The SMILES string of the molecule is COc1ccc(NC(C)=O)cc1NC(=O)COC(=O)c1sc(NC(=O)c2ccco2)cc1C. The monoisotopic (exact) mass is 471 g/mol. The fourth-order valence-electron chi connectivity index (χ4n) is 2.80. The van der Waals surface area contributed by atoms with Crippen LogP contribution < -0.4 is 20.7 Å². The number of ether oxygens (including phenoxy) is 2. The molecule has 3 N–H and O–H groups in total. The van der Waals surface area contributed by atoms with Gasteiger partial charge in [-0.3, -0.25) is 14.4 Å². The zero-order chi connectivity index (χ0) is 24.0. The number of carbonyl (C=O) groups excluding carboxylic acids is 4. The number of carbonyl (C=O) groups is 4. The number of rotatable bonds is 8. The predicted molar refractivity (Wildman–Crippen MR) is 122 cm³/mol. The molecule has 0 spiro atoms. The van der Waals surface area contributed by atoms with Crippen molar-refractivity contribution in [3.05, 3.63) is 58.9 Å². The van der Waals surface area contributed by atoms with Crippen LogP contribution in [0.1, 0.15) is 32.7 Å². The number of anilines is 3. The molecule has 0 bridgehead atoms. The number of esters is 1. The van der Waals surface area contributed by atoms with Crippen molar-refractivity contribution >= 4 is 51.4 Å². The van der Waals surface area contributed by atoms with Crippen molar-refractivity contribution in [1.29, 1.82) is 0 Å². The van der Waals surface area contributed by atoms with E-state index in [1.54, 1.807) is 31.2 Å². The standard InChI is InChI=1S/C22H21N3O7S/c1-12-9-19(25-21(28)17-5-4-8-31-17)33-20(12)22(29)32-11-18(27)24-15-10-14(23-13(2)26)6-7-16(15)30-3/h4-10H,11H2,1-3H3,(H,23,26)(H,24,27)(H,25,28). The molecule has 0 aliphatic rings. The van der Waals surface area contributed by atoms with Crippen molar-refractivity contribution in [1.82, 2.24) is 0 Å². The lowest BCUT2D eigenvalue weighted by molar-refractivity contribution is -0.119. The minimum Gasteiger partial charge on any atom is -0.495 e. The average molecular weight is 471 g/mol. The van der Waals surface area contributed by atoms with E-state index in [4.69, 9.17) is 13.9 Å². The molecule has 2 heterocycles. The van der Waals surface area contributed by atoms with Crippen LogP contribution in [0, 0.1) is 6.92 Å². The van der Waals surface area contributed by atoms with Crippen LogP contribution in [0.4, 0.5) is 16.4 Å². The van der Waals surface area contributed by atoms with Gasteiger partial charge in [0.2, 0.25) is 5.91 Å². The first-order valence-electron chi connectivity index (χ1n) is 9.64. The third-order valence-corrected chi connectivity index (χ3v) is 5.35. The highest BCUT2D eigenvalue weighted by atomic mass is 32.1. The van der Waals surface area contributed by atoms with Gasteiger partial charge in [-0.15, -0.1) is 11.3 Å². The Morgan fingerprint density at radius 2 is 1.85 bits per heavy atom. The van der Waals surface area contributed by atoms with Crippen LogP contribution in [-0.4, -0.2) is 37.4 Å². The number of benzene rings is 1. The number of nitrogens with one attached hydrogen (secondary N) is 3. The molecule has 10 nitrogen and oxygen atoms in total. The number of thiophene rings is 1. The molecule has 3 amide bonds. The van der Waals surface area contributed by atoms with E-state index in [-0.39, 0.29) is 16.5 Å². The lowest BCUT2D eigenvalue weighted by Crippen LogP contribution is -2.21. The maximum atomic E-state index is 12.5. The van der Waals surface area contributed by atoms with Gasteiger partial charge < -0.3 is 29.8 Å². The molecule has 33 heavy (non-hydrogen) atoms. The molecule has 0 aliphatic heterocycles. The summed E-state index contributed by atoms with van der Waals surface area (Å²) < 4.78 is 15.4. The van der Waals surface area contributed by atoms with Crippen LogP contribution >= 0.6 is 11.3 Å². The fourth-order valence-corrected chi connectivity index (χ4v) is 3.76. The van der Waals surface area contributed by atoms with Gasteiger partial charge in [-0.2, -0.15) is 0 Å². The Morgan fingerprint density at radius 3 is 2.52 bits per heavy atom. The molecule has 0 unspecified atom stereocenters. The summed E-state index contributed by atoms with van der Waals surface area (Å²) in [5.41, 5.74) is 1.36. The largest absolute Gasteiger partial charge is 0.495 e. The van der Waals surface area contributed by atoms with Crippen molar-refractivity contribution in [2.45, 2.75) is 13.8 Å². The number of hydrogen-bond donors (Lipinski definition) is 3. The number of methoxy groups -OCH3 is 1. The van der Waals surface area contributed by atoms with Gasteiger partial charge in [-0.25, -0.2) is 4.79 Å². The maximum absolute atomic E-state index is 12.5. The van der Waals surface area contributed by atoms with E-state index in [0.29, 0.717) is 27.7 Å². The molecule has 172 valence electrons. The molecule has 11 heteroatoms. The van der Waals surface area contributed by atoms with Gasteiger partial charge >= 0.3 is 5.97 Å². The zero-order valence-electron chi connectivity index (χ0n) is 18.0. The van der Waals surface area contributed by atoms with Crippen molar-refractivity contribution in [2.24, 2.45) is 0 Å². The first kappa shape index (κ1) is 23.5. The van der Waals surface area contributed by atoms with Crippen molar-refractivity contribution in [3.63, 3.8) is 0 Å². The molecule has 3 aromatic rings. The molecule has 1 aromatic carbocycles. The van der Waals surface area contributed by atoms with Gasteiger partial charge in [0.25, 0.3) is 11.8 Å². The van der Waals surface area contributed by atoms with Crippen LogP contribution in [0.5, 0.6) is 5.75 Å². The van der Waals surface area contributed by atoms with E-state index in [1.165, 1.54) is 32.4 Å². The van der Waals surface area contributed by atoms with Crippen LogP contribution in [0.2, 0.25) is 0 Å². The van der Waals surface area contributed by atoms with Crippen LogP contribution in [0.3, 0.4) is 0 Å². The van der Waals surface area contributed by atoms with Gasteiger partial charge in [-0.1, -0.05) is 0 Å². The van der Waals surface area contributed by atoms with Gasteiger partial charge in [0.15, 0.2) is 12.4 Å². The third-order valence-electron chi connectivity index (χ3n) is 4.21. The minimum absolute atomic E-state index is 0.139. The first-order chi connectivity index (χ1) is 15.8. The lowest BCUT2D eigenvalue weighted by atomic mass is 10.2. The summed E-state index contributed by atoms with van der Waals surface area (Å²) in [7, 11) is 1.44. The number of furan rings is 1. The Hall–Kier alpha value is -4.12. The second-order valence-corrected chi connectivity index (χ2v) is 7.83. The molecule has 0 atom stereocenters. The first-order valence-corrected chi connectivity index (χ1v) is 10.5. The highest BCUT2D eigenvalue weighted by Crippen LogP contribution is 2.29. The summed E-state index contributed by atoms with van der Waals surface area (Å²) >= 11 is 1.02. The smallest absolute Gasteiger partial charge is 0.349 e. The summed E-state index contributed by atoms with van der Waals surface area (Å²) in [4.78, 5) is 48.4. The molecule has 0 saturated heterocycles. The van der Waals surface area contributed by atoms with Gasteiger partial charge in [-0.05, 0) is 48.9 Å². The number of hydrogen-bond acceptors (Lipinski definition) is 8. The third kappa shape index (κ3) is 6.20. The summed E-state index contributed by atoms with van der Waals surface area (Å²) in [6.45, 7) is 2.51. The highest BCUT2D eigenvalue weighted by molar-refractivity contribution is 7.18. The average Bonchev–Trinajstić information content (AvgIpc) is 3.42. The number of aryl methyl sites for hydroxylation is 1. The molecule has 0 aliphatic carbocycles. The molecular weight excluding hydrogens is 450 g/mol. The van der Waals surface area contributed by atoms with Gasteiger partial charge in [0.1, 0.15) is 10.6 Å². The second kappa shape index (κ2) is 10.5. The van der Waals surface area contributed by atoms with Crippen molar-refractivity contribution < 1.29 is 33.1 Å². The summed E-state index contributed by atoms with van der Waals surface area (Å²) in [5.74, 6) is -1.50. The van der Waals surface area contributed by atoms with Gasteiger partial charge in [0, 0.05) is 12.6 Å². The van der Waals surface area contributed by atoms with E-state index in [1.807, 2.05) is 0 Å². The van der Waals surface area contributed by atoms with E-state index in [0.717, 1.165) is 11.3 Å². The zero-order valence-corrected chi connectivity index (χ0v) is 18.8. The Balaban J connectivity index is 1.59. The molecule has 2 aromatic heterocycles. The van der Waals surface area contributed by atoms with E-state index >= 15 is 0 Å².